The van der Waals surface area contributed by atoms with Crippen LogP contribution in [0, 0.1) is 0 Å². The van der Waals surface area contributed by atoms with Crippen LogP contribution in [0.4, 0.5) is 0 Å². The van der Waals surface area contributed by atoms with Gasteiger partial charge in [0.15, 0.2) is 6.10 Å². The molecule has 0 rings (SSSR count). The number of unbranched alkanes of at least 4 members (excludes halogenated alkanes) is 18. The second kappa shape index (κ2) is 36.7. The molecule has 0 aromatic heterocycles. The highest BCUT2D eigenvalue weighted by Gasteiger charge is 2.28. The zero-order valence-corrected chi connectivity index (χ0v) is 34.0. The molecule has 0 aromatic rings. The van der Waals surface area contributed by atoms with E-state index in [-0.39, 0.29) is 19.4 Å². The van der Waals surface area contributed by atoms with Gasteiger partial charge in [0.25, 0.3) is 0 Å². The molecule has 4 N–H and O–H groups in total. The first kappa shape index (κ1) is 50.7. The molecular weight excluding hydrogens is 697 g/mol. The normalized spacial score (nSPS) is 14.2. The summed E-state index contributed by atoms with van der Waals surface area (Å²) < 4.78 is 32.6. The van der Waals surface area contributed by atoms with Crippen molar-refractivity contribution >= 4 is 25.7 Å². The molecular formula is C41H74NO10P. The summed E-state index contributed by atoms with van der Waals surface area (Å²) in [6.07, 6.45) is 37.8. The van der Waals surface area contributed by atoms with Crippen molar-refractivity contribution in [3.8, 4) is 0 Å². The first-order valence-electron chi connectivity index (χ1n) is 20.5. The molecule has 53 heavy (non-hydrogen) atoms. The predicted octanol–water partition coefficient (Wildman–Crippen LogP) is 10.4. The summed E-state index contributed by atoms with van der Waals surface area (Å²) in [5, 5.41) is 8.87. The third-order valence-electron chi connectivity index (χ3n) is 8.61. The minimum absolute atomic E-state index is 0.153. The van der Waals surface area contributed by atoms with Crippen LogP contribution in [0.2, 0.25) is 0 Å². The molecule has 0 bridgehead atoms. The number of aliphatic carboxylic acids is 1. The molecule has 1 unspecified atom stereocenters. The van der Waals surface area contributed by atoms with Crippen molar-refractivity contribution in [3.05, 3.63) is 36.5 Å². The van der Waals surface area contributed by atoms with Gasteiger partial charge in [-0.2, -0.15) is 0 Å². The Morgan fingerprint density at radius 2 is 1.02 bits per heavy atom. The second-order valence-electron chi connectivity index (χ2n) is 13.8. The molecule has 0 spiro atoms. The summed E-state index contributed by atoms with van der Waals surface area (Å²) in [5.41, 5.74) is 5.32. The van der Waals surface area contributed by atoms with E-state index in [0.717, 1.165) is 77.0 Å². The number of carbonyl (C=O) groups excluding carboxylic acids is 2. The van der Waals surface area contributed by atoms with E-state index in [0.29, 0.717) is 12.8 Å². The van der Waals surface area contributed by atoms with E-state index < -0.39 is 51.1 Å². The second-order valence-corrected chi connectivity index (χ2v) is 15.2. The van der Waals surface area contributed by atoms with Crippen LogP contribution in [-0.2, 0) is 37.5 Å². The van der Waals surface area contributed by atoms with Gasteiger partial charge in [0.1, 0.15) is 12.6 Å². The average molecular weight is 772 g/mol. The summed E-state index contributed by atoms with van der Waals surface area (Å²) in [7, 11) is -4.72. The number of allylic oxidation sites excluding steroid dienone is 6. The lowest BCUT2D eigenvalue weighted by atomic mass is 10.1. The topological polar surface area (TPSA) is 172 Å². The number of phosphoric ester groups is 1. The Labute approximate surface area is 321 Å². The van der Waals surface area contributed by atoms with Gasteiger partial charge in [0.2, 0.25) is 0 Å². The predicted molar refractivity (Wildman–Crippen MR) is 212 cm³/mol. The Kier molecular flexibility index (Phi) is 35.1. The molecule has 0 aliphatic rings. The number of nitrogens with two attached hydrogens (primary N) is 1. The largest absolute Gasteiger partial charge is 0.480 e. The van der Waals surface area contributed by atoms with Crippen LogP contribution in [0.5, 0.6) is 0 Å². The molecule has 0 amide bonds. The Morgan fingerprint density at radius 3 is 1.55 bits per heavy atom. The Morgan fingerprint density at radius 1 is 0.585 bits per heavy atom. The number of esters is 2. The van der Waals surface area contributed by atoms with Crippen molar-refractivity contribution in [2.45, 2.75) is 187 Å². The lowest BCUT2D eigenvalue weighted by molar-refractivity contribution is -0.161. The van der Waals surface area contributed by atoms with E-state index in [9.17, 15) is 23.8 Å². The van der Waals surface area contributed by atoms with Gasteiger partial charge in [0.05, 0.1) is 13.2 Å². The van der Waals surface area contributed by atoms with Crippen molar-refractivity contribution in [2.24, 2.45) is 5.73 Å². The molecule has 0 fully saturated rings. The van der Waals surface area contributed by atoms with E-state index in [1.54, 1.807) is 0 Å². The van der Waals surface area contributed by atoms with Crippen LogP contribution >= 0.6 is 7.82 Å². The lowest BCUT2D eigenvalue weighted by Gasteiger charge is -2.20. The van der Waals surface area contributed by atoms with E-state index in [2.05, 4.69) is 54.8 Å². The van der Waals surface area contributed by atoms with Crippen LogP contribution < -0.4 is 5.73 Å². The zero-order valence-electron chi connectivity index (χ0n) is 33.1. The van der Waals surface area contributed by atoms with Gasteiger partial charge in [-0.05, 0) is 64.2 Å². The highest BCUT2D eigenvalue weighted by atomic mass is 31.2. The molecule has 0 radical (unpaired) electrons. The Balaban J connectivity index is 4.43. The molecule has 0 saturated heterocycles. The van der Waals surface area contributed by atoms with E-state index in [4.69, 9.17) is 24.8 Å². The Hall–Kier alpha value is -2.30. The lowest BCUT2D eigenvalue weighted by Crippen LogP contribution is -2.34. The minimum atomic E-state index is -4.72. The maximum atomic E-state index is 12.6. The van der Waals surface area contributed by atoms with E-state index >= 15 is 0 Å². The fourth-order valence-corrected chi connectivity index (χ4v) is 6.09. The van der Waals surface area contributed by atoms with Crippen molar-refractivity contribution in [1.29, 1.82) is 0 Å². The first-order chi connectivity index (χ1) is 25.6. The van der Waals surface area contributed by atoms with Crippen LogP contribution in [0.25, 0.3) is 0 Å². The number of ether oxygens (including phenoxy) is 2. The van der Waals surface area contributed by atoms with Gasteiger partial charge in [-0.3, -0.25) is 23.4 Å². The monoisotopic (exact) mass is 772 g/mol. The summed E-state index contributed by atoms with van der Waals surface area (Å²) in [6.45, 7) is 2.72. The van der Waals surface area contributed by atoms with Crippen LogP contribution in [0.1, 0.15) is 174 Å². The first-order valence-corrected chi connectivity index (χ1v) is 22.0. The number of carboxylic acid groups (broad SMARTS) is 1. The highest BCUT2D eigenvalue weighted by molar-refractivity contribution is 7.47. The van der Waals surface area contributed by atoms with Gasteiger partial charge in [-0.1, -0.05) is 134 Å². The van der Waals surface area contributed by atoms with Gasteiger partial charge < -0.3 is 25.2 Å². The average Bonchev–Trinajstić information content (AvgIpc) is 3.13. The third-order valence-corrected chi connectivity index (χ3v) is 9.56. The fraction of sp³-hybridized carbons (Fsp3) is 0.780. The number of hydrogen-bond acceptors (Lipinski definition) is 9. The van der Waals surface area contributed by atoms with Crippen LogP contribution in [0.3, 0.4) is 0 Å². The highest BCUT2D eigenvalue weighted by Crippen LogP contribution is 2.43. The Bertz CT molecular complexity index is 1050. The quantitative estimate of drug-likeness (QED) is 0.0236. The molecule has 11 nitrogen and oxygen atoms in total. The van der Waals surface area contributed by atoms with Crippen molar-refractivity contribution in [1.82, 2.24) is 0 Å². The molecule has 0 saturated carbocycles. The van der Waals surface area contributed by atoms with Gasteiger partial charge in [0, 0.05) is 12.8 Å². The number of hydrogen-bond donors (Lipinski definition) is 3. The standard InChI is InChI=1S/C41H74NO10P/c1-3-5-7-9-11-13-15-17-19-21-23-25-27-29-31-33-40(44)52-37(35-50-53(47,48)51-36-38(42)41(45)46)34-49-39(43)32-30-28-26-24-22-20-18-16-14-12-10-8-6-4-2/h10,12-13,15-16,18,37-38H,3-9,11,14,17,19-36,42H2,1-2H3,(H,45,46)(H,47,48)/b12-10+,15-13+,18-16+/t37-,38+/m1/s1. The number of carboxylic acids is 1. The smallest absolute Gasteiger partial charge is 0.472 e. The SMILES string of the molecule is CCCC/C=C/C/C=C/CCCCCCCC(=O)OC[C@H](COP(=O)(O)OC[C@H](N)C(=O)O)OC(=O)CCCCCCCCC/C=C/CCCCCC. The molecule has 308 valence electrons. The van der Waals surface area contributed by atoms with Crippen LogP contribution in [0.15, 0.2) is 36.5 Å². The van der Waals surface area contributed by atoms with Crippen molar-refractivity contribution < 1.29 is 47.5 Å². The van der Waals surface area contributed by atoms with E-state index in [1.165, 1.54) is 57.8 Å². The molecule has 0 aliphatic heterocycles. The molecule has 0 aliphatic carbocycles. The molecule has 0 heterocycles. The van der Waals surface area contributed by atoms with Crippen molar-refractivity contribution in [3.63, 3.8) is 0 Å². The summed E-state index contributed by atoms with van der Waals surface area (Å²) in [4.78, 5) is 45.8. The minimum Gasteiger partial charge on any atom is -0.480 e. The third kappa shape index (κ3) is 36.4. The fourth-order valence-electron chi connectivity index (χ4n) is 5.31. The van der Waals surface area contributed by atoms with Crippen LogP contribution in [-0.4, -0.2) is 59.9 Å². The molecule has 12 heteroatoms. The van der Waals surface area contributed by atoms with Gasteiger partial charge >= 0.3 is 25.7 Å². The summed E-state index contributed by atoms with van der Waals surface area (Å²) >= 11 is 0. The van der Waals surface area contributed by atoms with Gasteiger partial charge in [-0.25, -0.2) is 4.57 Å². The number of carbonyl (C=O) groups is 3. The summed E-state index contributed by atoms with van der Waals surface area (Å²) in [6, 6.07) is -1.52. The molecule has 0 aromatic carbocycles. The van der Waals surface area contributed by atoms with Gasteiger partial charge in [-0.15, -0.1) is 0 Å². The maximum absolute atomic E-state index is 12.6. The molecule has 3 atom stereocenters. The number of phosphoric acid groups is 1. The summed E-state index contributed by atoms with van der Waals surface area (Å²) in [5.74, 6) is -2.40. The number of rotatable bonds is 38. The van der Waals surface area contributed by atoms with E-state index in [1.807, 2.05) is 0 Å². The van der Waals surface area contributed by atoms with Crippen molar-refractivity contribution in [2.75, 3.05) is 19.8 Å². The maximum Gasteiger partial charge on any atom is 0.472 e. The zero-order chi connectivity index (χ0) is 39.3.